The van der Waals surface area contributed by atoms with Gasteiger partial charge in [0, 0.05) is 36.3 Å². The van der Waals surface area contributed by atoms with Gasteiger partial charge in [-0.3, -0.25) is 4.90 Å². The van der Waals surface area contributed by atoms with Crippen molar-refractivity contribution in [3.05, 3.63) is 83.4 Å². The van der Waals surface area contributed by atoms with Gasteiger partial charge in [0.25, 0.3) is 0 Å². The zero-order valence-electron chi connectivity index (χ0n) is 14.9. The second-order valence-corrected chi connectivity index (χ2v) is 6.10. The Morgan fingerprint density at radius 1 is 1.04 bits per heavy atom. The maximum absolute atomic E-state index is 11.1. The molecule has 0 spiro atoms. The number of hydrogen-bond acceptors (Lipinski definition) is 4. The van der Waals surface area contributed by atoms with Crippen molar-refractivity contribution in [2.24, 2.45) is 5.16 Å². The van der Waals surface area contributed by atoms with Crippen molar-refractivity contribution in [2.45, 2.75) is 6.42 Å². The Labute approximate surface area is 165 Å². The second-order valence-electron chi connectivity index (χ2n) is 6.10. The molecule has 0 radical (unpaired) electrons. The lowest BCUT2D eigenvalue weighted by Crippen LogP contribution is -3.00. The third-order valence-electron chi connectivity index (χ3n) is 4.25. The van der Waals surface area contributed by atoms with E-state index in [1.54, 1.807) is 6.08 Å². The fraction of sp³-hybridized carbons (Fsp3) is 0.238. The molecule has 3 rings (SSSR count). The lowest BCUT2D eigenvalue weighted by atomic mass is 10.0. The van der Waals surface area contributed by atoms with E-state index in [9.17, 15) is 4.79 Å². The molecular weight excluding hydrogens is 364 g/mol. The topological polar surface area (TPSA) is 62.1 Å². The maximum Gasteiger partial charge on any atom is 0.332 e. The van der Waals surface area contributed by atoms with E-state index < -0.39 is 5.97 Å². The summed E-state index contributed by atoms with van der Waals surface area (Å²) in [6.07, 6.45) is 2.55. The van der Waals surface area contributed by atoms with Gasteiger partial charge in [0.2, 0.25) is 0 Å². The van der Waals surface area contributed by atoms with Crippen LogP contribution >= 0.6 is 0 Å². The molecule has 0 fully saturated rings. The lowest BCUT2D eigenvalue weighted by Gasteiger charge is -2.24. The maximum atomic E-state index is 11.1. The number of oxime groups is 1. The molecule has 0 aliphatic carbocycles. The molecule has 0 saturated heterocycles. The first-order valence-corrected chi connectivity index (χ1v) is 8.69. The predicted octanol–water partition coefficient (Wildman–Crippen LogP) is 0.176. The van der Waals surface area contributed by atoms with Crippen LogP contribution in [-0.2, 0) is 9.63 Å². The Morgan fingerprint density at radius 3 is 2.19 bits per heavy atom. The van der Waals surface area contributed by atoms with Crippen molar-refractivity contribution < 1.29 is 27.1 Å². The van der Waals surface area contributed by atoms with Crippen LogP contribution in [0.2, 0.25) is 0 Å². The number of benzene rings is 2. The van der Waals surface area contributed by atoms with Gasteiger partial charge in [-0.1, -0.05) is 71.9 Å². The average Bonchev–Trinajstić information content (AvgIpc) is 2.69. The molecule has 6 heteroatoms. The average molecular weight is 386 g/mol. The van der Waals surface area contributed by atoms with Crippen LogP contribution in [0.5, 0.6) is 0 Å². The first-order valence-electron chi connectivity index (χ1n) is 8.69. The van der Waals surface area contributed by atoms with Crippen molar-refractivity contribution in [3.8, 4) is 0 Å². The fourth-order valence-corrected chi connectivity index (χ4v) is 2.90. The van der Waals surface area contributed by atoms with E-state index in [4.69, 9.17) is 9.94 Å². The third kappa shape index (κ3) is 5.94. The van der Waals surface area contributed by atoms with Gasteiger partial charge in [-0.25, -0.2) is 4.79 Å². The van der Waals surface area contributed by atoms with Gasteiger partial charge in [0.05, 0.1) is 0 Å². The van der Waals surface area contributed by atoms with Crippen LogP contribution in [0.15, 0.2) is 77.5 Å². The van der Waals surface area contributed by atoms with Gasteiger partial charge in [-0.05, 0) is 6.42 Å². The molecular formula is C21H22ClN2O3-. The number of carboxylic acid groups (broad SMARTS) is 1. The number of halogens is 1. The van der Waals surface area contributed by atoms with Crippen LogP contribution < -0.4 is 12.4 Å². The first kappa shape index (κ1) is 20.7. The SMILES string of the molecule is O=C(O)C1=CCCN(CCON=C(c2ccccc2)c2ccccc2)C1.[Cl-]. The third-order valence-corrected chi connectivity index (χ3v) is 4.25. The number of carbonyl (C=O) groups is 1. The number of hydrogen-bond donors (Lipinski definition) is 1. The molecule has 0 aromatic heterocycles. The van der Waals surface area contributed by atoms with E-state index in [1.165, 1.54) is 0 Å². The largest absolute Gasteiger partial charge is 1.00 e. The van der Waals surface area contributed by atoms with Gasteiger partial charge in [-0.15, -0.1) is 0 Å². The lowest BCUT2D eigenvalue weighted by molar-refractivity contribution is -0.133. The normalized spacial score (nSPS) is 13.9. The summed E-state index contributed by atoms with van der Waals surface area (Å²) < 4.78 is 0. The molecule has 0 atom stereocenters. The van der Waals surface area contributed by atoms with Crippen molar-refractivity contribution in [1.29, 1.82) is 0 Å². The highest BCUT2D eigenvalue weighted by atomic mass is 35.5. The van der Waals surface area contributed by atoms with Crippen molar-refractivity contribution in [3.63, 3.8) is 0 Å². The van der Waals surface area contributed by atoms with Gasteiger partial charge in [0.1, 0.15) is 12.3 Å². The zero-order chi connectivity index (χ0) is 18.2. The number of aliphatic carboxylic acids is 1. The van der Waals surface area contributed by atoms with Gasteiger partial charge in [0.15, 0.2) is 0 Å². The molecule has 27 heavy (non-hydrogen) atoms. The highest BCUT2D eigenvalue weighted by molar-refractivity contribution is 6.12. The van der Waals surface area contributed by atoms with Crippen LogP contribution in [0.3, 0.4) is 0 Å². The Kier molecular flexibility index (Phi) is 8.04. The quantitative estimate of drug-likeness (QED) is 0.419. The highest BCUT2D eigenvalue weighted by Crippen LogP contribution is 2.12. The van der Waals surface area contributed by atoms with Crippen LogP contribution in [0, 0.1) is 0 Å². The minimum atomic E-state index is -0.843. The van der Waals surface area contributed by atoms with Gasteiger partial charge >= 0.3 is 5.97 Å². The molecule has 1 heterocycles. The molecule has 1 aliphatic heterocycles. The second kappa shape index (κ2) is 10.5. The Balaban J connectivity index is 0.00000261. The number of nitrogens with zero attached hydrogens (tertiary/aromatic N) is 2. The summed E-state index contributed by atoms with van der Waals surface area (Å²) in [5, 5.41) is 13.5. The summed E-state index contributed by atoms with van der Waals surface area (Å²) in [5.41, 5.74) is 3.23. The molecule has 0 amide bonds. The summed E-state index contributed by atoms with van der Waals surface area (Å²) in [6.45, 7) is 2.35. The van der Waals surface area contributed by atoms with Gasteiger partial charge in [-0.2, -0.15) is 0 Å². The van der Waals surface area contributed by atoms with Crippen molar-refractivity contribution >= 4 is 11.7 Å². The van der Waals surface area contributed by atoms with E-state index >= 15 is 0 Å². The molecule has 5 nitrogen and oxygen atoms in total. The monoisotopic (exact) mass is 385 g/mol. The Bertz CT molecular complexity index is 750. The van der Waals surface area contributed by atoms with E-state index in [0.29, 0.717) is 25.3 Å². The summed E-state index contributed by atoms with van der Waals surface area (Å²) in [4.78, 5) is 18.7. The van der Waals surface area contributed by atoms with E-state index in [0.717, 1.165) is 29.8 Å². The molecule has 0 bridgehead atoms. The van der Waals surface area contributed by atoms with Crippen molar-refractivity contribution in [1.82, 2.24) is 4.90 Å². The Hall–Kier alpha value is -2.63. The summed E-state index contributed by atoms with van der Waals surface area (Å²) in [6, 6.07) is 19.8. The smallest absolute Gasteiger partial charge is 0.332 e. The summed E-state index contributed by atoms with van der Waals surface area (Å²) >= 11 is 0. The molecule has 1 N–H and O–H groups in total. The van der Waals surface area contributed by atoms with Crippen LogP contribution in [0.25, 0.3) is 0 Å². The van der Waals surface area contributed by atoms with Gasteiger partial charge < -0.3 is 22.4 Å². The first-order chi connectivity index (χ1) is 12.7. The van der Waals surface area contributed by atoms with E-state index in [2.05, 4.69) is 10.1 Å². The van der Waals surface area contributed by atoms with Crippen LogP contribution in [0.1, 0.15) is 17.5 Å². The molecule has 2 aromatic carbocycles. The van der Waals surface area contributed by atoms with E-state index in [1.807, 2.05) is 60.7 Å². The Morgan fingerprint density at radius 2 is 1.63 bits per heavy atom. The summed E-state index contributed by atoms with van der Waals surface area (Å²) in [7, 11) is 0. The molecule has 1 aliphatic rings. The van der Waals surface area contributed by atoms with Crippen molar-refractivity contribution in [2.75, 3.05) is 26.2 Å². The molecule has 2 aromatic rings. The zero-order valence-corrected chi connectivity index (χ0v) is 15.7. The minimum absolute atomic E-state index is 0. The standard InChI is InChI=1S/C21H22N2O3.ClH/c24-21(25)19-12-7-13-23(16-19)14-15-26-22-20(17-8-3-1-4-9-17)18-10-5-2-6-11-18;/h1-6,8-12H,7,13-16H2,(H,24,25);1H/p-1. The predicted molar refractivity (Wildman–Crippen MR) is 101 cm³/mol. The minimum Gasteiger partial charge on any atom is -1.00 e. The fourth-order valence-electron chi connectivity index (χ4n) is 2.90. The number of rotatable bonds is 7. The molecule has 0 unspecified atom stereocenters. The summed E-state index contributed by atoms with van der Waals surface area (Å²) in [5.74, 6) is -0.843. The highest BCUT2D eigenvalue weighted by Gasteiger charge is 2.17. The van der Waals surface area contributed by atoms with E-state index in [-0.39, 0.29) is 12.4 Å². The van der Waals surface area contributed by atoms with Crippen LogP contribution in [-0.4, -0.2) is 47.9 Å². The number of carboxylic acids is 1. The molecule has 0 saturated carbocycles. The molecule has 142 valence electrons. The van der Waals surface area contributed by atoms with Crippen LogP contribution in [0.4, 0.5) is 0 Å².